The second-order valence-electron chi connectivity index (χ2n) is 12.3. The Bertz CT molecular complexity index is 1690. The fourth-order valence-electron chi connectivity index (χ4n) is 6.48. The zero-order chi connectivity index (χ0) is 33.6. The summed E-state index contributed by atoms with van der Waals surface area (Å²) in [6.07, 6.45) is 1.67. The Balaban J connectivity index is 1.41. The van der Waals surface area contributed by atoms with E-state index in [1.54, 1.807) is 0 Å². The number of fused-ring (bicyclic) bond motifs is 2. The minimum absolute atomic E-state index is 0.0212. The van der Waals surface area contributed by atoms with E-state index >= 15 is 0 Å². The maximum absolute atomic E-state index is 13.9. The lowest BCUT2D eigenvalue weighted by molar-refractivity contribution is -0.140. The molecule has 9 nitrogen and oxygen atoms in total. The van der Waals surface area contributed by atoms with Crippen molar-refractivity contribution in [1.29, 1.82) is 0 Å². The van der Waals surface area contributed by atoms with Gasteiger partial charge in [0.2, 0.25) is 5.91 Å². The van der Waals surface area contributed by atoms with Gasteiger partial charge < -0.3 is 20.3 Å². The second-order valence-corrected chi connectivity index (χ2v) is 14.5. The zero-order valence-electron chi connectivity index (χ0n) is 25.5. The van der Waals surface area contributed by atoms with Gasteiger partial charge in [-0.1, -0.05) is 11.6 Å². The van der Waals surface area contributed by atoms with E-state index < -0.39 is 57.1 Å². The van der Waals surface area contributed by atoms with E-state index in [-0.39, 0.29) is 46.7 Å². The van der Waals surface area contributed by atoms with Crippen LogP contribution in [0.5, 0.6) is 5.75 Å². The number of amides is 3. The van der Waals surface area contributed by atoms with Crippen molar-refractivity contribution in [2.45, 2.75) is 37.9 Å². The van der Waals surface area contributed by atoms with Crippen molar-refractivity contribution in [2.75, 3.05) is 38.0 Å². The van der Waals surface area contributed by atoms with Gasteiger partial charge in [0, 0.05) is 43.1 Å². The molecule has 3 fully saturated rings. The number of rotatable bonds is 10. The first-order valence-electron chi connectivity index (χ1n) is 14.9. The van der Waals surface area contributed by atoms with Gasteiger partial charge in [-0.2, -0.15) is 13.2 Å². The van der Waals surface area contributed by atoms with Crippen molar-refractivity contribution >= 4 is 33.2 Å². The van der Waals surface area contributed by atoms with Crippen LogP contribution in [0.25, 0.3) is 0 Å². The molecule has 3 aliphatic carbocycles. The number of carbonyl (C=O) groups excluding carboxylic acids is 3. The van der Waals surface area contributed by atoms with Gasteiger partial charge in [0.15, 0.2) is 0 Å². The standard InChI is InChI=1S/C32H35F4N3O6S/c1-39(12-13-46(3,43)44)31(42)18-6-11-26(45-2)23(15-18)29(40)38-28-21-9-8-20(22(21)14-17-4-5-17)27(28)30(41)37-19-7-10-25(33)24(16-19)32(34,35)36/h6-7,10-11,14-17,20-21,27-28H,4-5,8-9,12-13H2,1-3H3,(H,37,41)(H,38,40)/b22-14-/t20-,21+,27-,28+/m0/s1. The Morgan fingerprint density at radius 1 is 1.04 bits per heavy atom. The van der Waals surface area contributed by atoms with Crippen LogP contribution in [0.1, 0.15) is 52.0 Å². The highest BCUT2D eigenvalue weighted by atomic mass is 32.2. The molecule has 3 amide bonds. The van der Waals surface area contributed by atoms with Gasteiger partial charge in [-0.05, 0) is 73.9 Å². The Kier molecular flexibility index (Phi) is 9.22. The maximum Gasteiger partial charge on any atom is 0.419 e. The summed E-state index contributed by atoms with van der Waals surface area (Å²) in [6.45, 7) is -0.0538. The summed E-state index contributed by atoms with van der Waals surface area (Å²) in [7, 11) is -0.516. The van der Waals surface area contributed by atoms with Crippen LogP contribution in [0.4, 0.5) is 23.2 Å². The summed E-state index contributed by atoms with van der Waals surface area (Å²) in [6, 6.07) is 5.80. The first-order valence-corrected chi connectivity index (χ1v) is 16.9. The Hall–Kier alpha value is -3.94. The van der Waals surface area contributed by atoms with E-state index in [9.17, 15) is 40.4 Å². The first kappa shape index (κ1) is 33.4. The third-order valence-electron chi connectivity index (χ3n) is 8.92. The fraction of sp³-hybridized carbons (Fsp3) is 0.469. The molecule has 0 spiro atoms. The monoisotopic (exact) mass is 665 g/mol. The minimum Gasteiger partial charge on any atom is -0.496 e. The molecule has 0 aromatic heterocycles. The molecule has 0 radical (unpaired) electrons. The van der Waals surface area contributed by atoms with Gasteiger partial charge in [0.05, 0.1) is 29.9 Å². The second kappa shape index (κ2) is 12.7. The van der Waals surface area contributed by atoms with Crippen LogP contribution < -0.4 is 15.4 Å². The summed E-state index contributed by atoms with van der Waals surface area (Å²) in [5.41, 5.74) is -0.525. The first-order chi connectivity index (χ1) is 21.6. The highest BCUT2D eigenvalue weighted by molar-refractivity contribution is 7.90. The zero-order valence-corrected chi connectivity index (χ0v) is 26.3. The third-order valence-corrected chi connectivity index (χ3v) is 9.85. The van der Waals surface area contributed by atoms with E-state index in [1.165, 1.54) is 37.3 Å². The molecular weight excluding hydrogens is 630 g/mol. The van der Waals surface area contributed by atoms with Crippen LogP contribution in [-0.4, -0.2) is 69.8 Å². The Morgan fingerprint density at radius 2 is 1.74 bits per heavy atom. The van der Waals surface area contributed by atoms with Crippen LogP contribution >= 0.6 is 0 Å². The van der Waals surface area contributed by atoms with Crippen LogP contribution in [0.15, 0.2) is 48.0 Å². The highest BCUT2D eigenvalue weighted by Gasteiger charge is 2.55. The Labute approximate surface area is 264 Å². The fourth-order valence-corrected chi connectivity index (χ4v) is 7.08. The molecule has 0 saturated heterocycles. The molecule has 4 atom stereocenters. The topological polar surface area (TPSA) is 122 Å². The molecule has 0 heterocycles. The van der Waals surface area contributed by atoms with Crippen molar-refractivity contribution in [3.05, 3.63) is 70.6 Å². The van der Waals surface area contributed by atoms with Crippen molar-refractivity contribution in [1.82, 2.24) is 10.2 Å². The van der Waals surface area contributed by atoms with Crippen LogP contribution in [-0.2, 0) is 20.8 Å². The van der Waals surface area contributed by atoms with E-state index in [2.05, 4.69) is 16.7 Å². The lowest BCUT2D eigenvalue weighted by atomic mass is 9.83. The van der Waals surface area contributed by atoms with Crippen molar-refractivity contribution < 1.29 is 45.1 Å². The number of methoxy groups -OCH3 is 1. The maximum atomic E-state index is 13.9. The van der Waals surface area contributed by atoms with Gasteiger partial charge in [-0.15, -0.1) is 0 Å². The number of hydrogen-bond acceptors (Lipinski definition) is 6. The summed E-state index contributed by atoms with van der Waals surface area (Å²) in [5, 5.41) is 5.48. The molecule has 3 aliphatic rings. The number of alkyl halides is 3. The molecule has 5 rings (SSSR count). The lowest BCUT2D eigenvalue weighted by Crippen LogP contribution is -2.48. The summed E-state index contributed by atoms with van der Waals surface area (Å²) >= 11 is 0. The molecule has 46 heavy (non-hydrogen) atoms. The average Bonchev–Trinajstić information content (AvgIpc) is 3.67. The van der Waals surface area contributed by atoms with E-state index in [4.69, 9.17) is 4.74 Å². The van der Waals surface area contributed by atoms with Gasteiger partial charge >= 0.3 is 6.18 Å². The Morgan fingerprint density at radius 3 is 2.37 bits per heavy atom. The number of anilines is 1. The summed E-state index contributed by atoms with van der Waals surface area (Å²) < 4.78 is 82.4. The molecule has 2 N–H and O–H groups in total. The van der Waals surface area contributed by atoms with Gasteiger partial charge in [-0.25, -0.2) is 12.8 Å². The molecule has 3 saturated carbocycles. The van der Waals surface area contributed by atoms with Crippen LogP contribution in [0.3, 0.4) is 0 Å². The molecule has 0 unspecified atom stereocenters. The molecule has 14 heteroatoms. The van der Waals surface area contributed by atoms with Crippen LogP contribution in [0, 0.1) is 29.5 Å². The van der Waals surface area contributed by atoms with Crippen LogP contribution in [0.2, 0.25) is 0 Å². The molecular formula is C32H35F4N3O6S. The number of allylic oxidation sites excluding steroid dienone is 1. The number of hydrogen-bond donors (Lipinski definition) is 2. The predicted octanol–water partition coefficient (Wildman–Crippen LogP) is 4.70. The van der Waals surface area contributed by atoms with E-state index in [0.717, 1.165) is 30.7 Å². The largest absolute Gasteiger partial charge is 0.496 e. The summed E-state index contributed by atoms with van der Waals surface area (Å²) in [5.74, 6) is -4.11. The highest BCUT2D eigenvalue weighted by Crippen LogP contribution is 2.54. The molecule has 2 bridgehead atoms. The minimum atomic E-state index is -4.95. The molecule has 2 aromatic carbocycles. The van der Waals surface area contributed by atoms with E-state index in [0.29, 0.717) is 30.9 Å². The smallest absolute Gasteiger partial charge is 0.419 e. The number of ether oxygens (including phenoxy) is 1. The normalized spacial score (nSPS) is 23.3. The predicted molar refractivity (Wildman–Crippen MR) is 161 cm³/mol. The molecule has 0 aliphatic heterocycles. The molecule has 2 aromatic rings. The van der Waals surface area contributed by atoms with Crippen molar-refractivity contribution in [3.63, 3.8) is 0 Å². The van der Waals surface area contributed by atoms with Gasteiger partial charge in [-0.3, -0.25) is 14.4 Å². The molecule has 248 valence electrons. The average molecular weight is 666 g/mol. The summed E-state index contributed by atoms with van der Waals surface area (Å²) in [4.78, 5) is 41.8. The quantitative estimate of drug-likeness (QED) is 0.281. The van der Waals surface area contributed by atoms with E-state index in [1.807, 2.05) is 0 Å². The third kappa shape index (κ3) is 7.21. The van der Waals surface area contributed by atoms with Gasteiger partial charge in [0.1, 0.15) is 21.4 Å². The van der Waals surface area contributed by atoms with Gasteiger partial charge in [0.25, 0.3) is 11.8 Å². The number of nitrogens with one attached hydrogen (secondary N) is 2. The number of sulfone groups is 1. The number of benzene rings is 2. The lowest BCUT2D eigenvalue weighted by Gasteiger charge is -2.30. The SMILES string of the molecule is COc1ccc(C(=O)N(C)CCS(C)(=O)=O)cc1C(=O)N[C@H]1[C@@H](C(=O)Nc2ccc(F)c(C(F)(F)F)c2)[C@H]2CC[C@@H]1/C2=C\C1CC1. The number of halogens is 4. The van der Waals surface area contributed by atoms with Crippen molar-refractivity contribution in [3.8, 4) is 5.75 Å². The number of nitrogens with zero attached hydrogens (tertiary/aromatic N) is 1. The van der Waals surface area contributed by atoms with Crippen molar-refractivity contribution in [2.24, 2.45) is 23.7 Å². The number of carbonyl (C=O) groups is 3.